The molecule has 192 valence electrons. The molecule has 37 heavy (non-hydrogen) atoms. The van der Waals surface area contributed by atoms with Crippen molar-refractivity contribution in [2.75, 3.05) is 11.9 Å². The van der Waals surface area contributed by atoms with E-state index < -0.39 is 29.7 Å². The van der Waals surface area contributed by atoms with Crippen molar-refractivity contribution in [2.24, 2.45) is 5.92 Å². The van der Waals surface area contributed by atoms with Crippen molar-refractivity contribution in [3.8, 4) is 11.1 Å². The van der Waals surface area contributed by atoms with Gasteiger partial charge in [0.15, 0.2) is 0 Å². The molecular formula is C29H30N2O5S. The van der Waals surface area contributed by atoms with Crippen molar-refractivity contribution in [3.63, 3.8) is 0 Å². The standard InChI is InChI=1S/C29H30N2O5S/c1-5-18-11-13-19(14-12-18)22-16-37-26(24(22)29(35)36-6-2)30-25(32)23(15-17(3)4)31-27(33)20-9-7-8-10-21(20)28(31)34/h7-14,16-17,23H,5-6,15H2,1-4H3,(H,30,32). The number of ether oxygens (including phenoxy) is 1. The van der Waals surface area contributed by atoms with E-state index in [-0.39, 0.29) is 35.6 Å². The van der Waals surface area contributed by atoms with Gasteiger partial charge in [0.1, 0.15) is 16.6 Å². The van der Waals surface area contributed by atoms with Crippen LogP contribution in [0, 0.1) is 5.92 Å². The van der Waals surface area contributed by atoms with Gasteiger partial charge in [-0.2, -0.15) is 0 Å². The Bertz CT molecular complexity index is 1310. The number of hydrogen-bond acceptors (Lipinski definition) is 6. The number of amides is 3. The molecule has 1 aromatic heterocycles. The molecule has 1 aliphatic heterocycles. The minimum Gasteiger partial charge on any atom is -0.462 e. The van der Waals surface area contributed by atoms with Crippen LogP contribution in [0.4, 0.5) is 5.00 Å². The number of anilines is 1. The number of nitrogens with one attached hydrogen (secondary N) is 1. The second-order valence-corrected chi connectivity index (χ2v) is 10.2. The normalized spacial score (nSPS) is 13.6. The lowest BCUT2D eigenvalue weighted by atomic mass is 10.0. The molecule has 0 spiro atoms. The predicted molar refractivity (Wildman–Crippen MR) is 144 cm³/mol. The van der Waals surface area contributed by atoms with E-state index in [1.165, 1.54) is 16.9 Å². The van der Waals surface area contributed by atoms with Crippen LogP contribution >= 0.6 is 11.3 Å². The van der Waals surface area contributed by atoms with Crippen LogP contribution in [0.25, 0.3) is 11.1 Å². The highest BCUT2D eigenvalue weighted by Crippen LogP contribution is 2.37. The Morgan fingerprint density at radius 1 is 0.946 bits per heavy atom. The van der Waals surface area contributed by atoms with Gasteiger partial charge in [-0.1, -0.05) is 57.2 Å². The van der Waals surface area contributed by atoms with Gasteiger partial charge in [-0.25, -0.2) is 4.79 Å². The summed E-state index contributed by atoms with van der Waals surface area (Å²) < 4.78 is 5.31. The molecular weight excluding hydrogens is 488 g/mol. The highest BCUT2D eigenvalue weighted by molar-refractivity contribution is 7.15. The fourth-order valence-corrected chi connectivity index (χ4v) is 5.41. The summed E-state index contributed by atoms with van der Waals surface area (Å²) in [6.07, 6.45) is 1.17. The Hall–Kier alpha value is -3.78. The number of carbonyl (C=O) groups excluding carboxylic acids is 4. The lowest BCUT2D eigenvalue weighted by Crippen LogP contribution is -2.48. The Kier molecular flexibility index (Phi) is 7.88. The smallest absolute Gasteiger partial charge is 0.341 e. The molecule has 7 nitrogen and oxygen atoms in total. The third-order valence-corrected chi connectivity index (χ3v) is 7.21. The van der Waals surface area contributed by atoms with Crippen LogP contribution in [0.2, 0.25) is 0 Å². The SMILES string of the molecule is CCOC(=O)c1c(-c2ccc(CC)cc2)csc1NC(=O)C(CC(C)C)N1C(=O)c2ccccc2C1=O. The molecule has 1 aliphatic rings. The fourth-order valence-electron chi connectivity index (χ4n) is 4.45. The molecule has 2 aromatic carbocycles. The molecule has 3 aromatic rings. The maximum absolute atomic E-state index is 13.6. The summed E-state index contributed by atoms with van der Waals surface area (Å²) in [5, 5.41) is 4.98. The molecule has 1 atom stereocenters. The third kappa shape index (κ3) is 5.20. The molecule has 0 aliphatic carbocycles. The van der Waals surface area contributed by atoms with Gasteiger partial charge in [-0.3, -0.25) is 19.3 Å². The van der Waals surface area contributed by atoms with E-state index in [1.54, 1.807) is 31.2 Å². The molecule has 2 heterocycles. The molecule has 0 fully saturated rings. The van der Waals surface area contributed by atoms with Crippen LogP contribution in [0.5, 0.6) is 0 Å². The van der Waals surface area contributed by atoms with Crippen LogP contribution < -0.4 is 5.32 Å². The van der Waals surface area contributed by atoms with Gasteiger partial charge in [-0.05, 0) is 48.9 Å². The van der Waals surface area contributed by atoms with E-state index in [0.29, 0.717) is 10.6 Å². The summed E-state index contributed by atoms with van der Waals surface area (Å²) in [5.41, 5.74) is 3.49. The first kappa shape index (κ1) is 26.3. The molecule has 3 amide bonds. The van der Waals surface area contributed by atoms with E-state index in [0.717, 1.165) is 16.9 Å². The zero-order chi connectivity index (χ0) is 26.7. The summed E-state index contributed by atoms with van der Waals surface area (Å²) in [7, 11) is 0. The van der Waals surface area contributed by atoms with Crippen molar-refractivity contribution >= 4 is 40.0 Å². The van der Waals surface area contributed by atoms with Crippen LogP contribution in [-0.2, 0) is 16.0 Å². The topological polar surface area (TPSA) is 92.8 Å². The van der Waals surface area contributed by atoms with E-state index in [2.05, 4.69) is 12.2 Å². The number of imide groups is 1. The number of esters is 1. The summed E-state index contributed by atoms with van der Waals surface area (Å²) in [6, 6.07) is 13.4. The zero-order valence-corrected chi connectivity index (χ0v) is 22.2. The Balaban J connectivity index is 1.69. The van der Waals surface area contributed by atoms with Gasteiger partial charge in [-0.15, -0.1) is 11.3 Å². The van der Waals surface area contributed by atoms with Crippen molar-refractivity contribution in [1.82, 2.24) is 4.90 Å². The number of carbonyl (C=O) groups is 4. The minimum atomic E-state index is -1.03. The number of aryl methyl sites for hydroxylation is 1. The maximum atomic E-state index is 13.6. The van der Waals surface area contributed by atoms with Gasteiger partial charge in [0.2, 0.25) is 5.91 Å². The number of fused-ring (bicyclic) bond motifs is 1. The Morgan fingerprint density at radius 2 is 1.57 bits per heavy atom. The summed E-state index contributed by atoms with van der Waals surface area (Å²) in [5.74, 6) is -2.02. The van der Waals surface area contributed by atoms with Crippen molar-refractivity contribution in [2.45, 2.75) is 46.6 Å². The quantitative estimate of drug-likeness (QED) is 0.285. The summed E-state index contributed by atoms with van der Waals surface area (Å²) in [6.45, 7) is 7.82. The number of rotatable bonds is 9. The van der Waals surface area contributed by atoms with Crippen LogP contribution in [0.3, 0.4) is 0 Å². The van der Waals surface area contributed by atoms with E-state index in [1.807, 2.05) is 43.5 Å². The van der Waals surface area contributed by atoms with E-state index >= 15 is 0 Å². The number of nitrogens with zero attached hydrogens (tertiary/aromatic N) is 1. The lowest BCUT2D eigenvalue weighted by Gasteiger charge is -2.26. The van der Waals surface area contributed by atoms with Gasteiger partial charge in [0.05, 0.1) is 17.7 Å². The monoisotopic (exact) mass is 518 g/mol. The van der Waals surface area contributed by atoms with Gasteiger partial charge in [0, 0.05) is 10.9 Å². The average Bonchev–Trinajstić information content (AvgIpc) is 3.41. The van der Waals surface area contributed by atoms with Gasteiger partial charge in [0.25, 0.3) is 11.8 Å². The Morgan fingerprint density at radius 3 is 2.11 bits per heavy atom. The molecule has 1 unspecified atom stereocenters. The highest BCUT2D eigenvalue weighted by Gasteiger charge is 2.43. The molecule has 4 rings (SSSR count). The van der Waals surface area contributed by atoms with Crippen molar-refractivity contribution in [1.29, 1.82) is 0 Å². The lowest BCUT2D eigenvalue weighted by molar-refractivity contribution is -0.120. The van der Waals surface area contributed by atoms with Crippen LogP contribution in [-0.4, -0.2) is 41.2 Å². The molecule has 8 heteroatoms. The molecule has 0 saturated heterocycles. The molecule has 1 N–H and O–H groups in total. The number of thiophene rings is 1. The summed E-state index contributed by atoms with van der Waals surface area (Å²) in [4.78, 5) is 54.0. The molecule has 0 bridgehead atoms. The zero-order valence-electron chi connectivity index (χ0n) is 21.4. The molecule has 0 radical (unpaired) electrons. The molecule has 0 saturated carbocycles. The predicted octanol–water partition coefficient (Wildman–Crippen LogP) is 5.80. The first-order chi connectivity index (χ1) is 17.8. The summed E-state index contributed by atoms with van der Waals surface area (Å²) >= 11 is 1.21. The van der Waals surface area contributed by atoms with E-state index in [4.69, 9.17) is 4.74 Å². The number of benzene rings is 2. The first-order valence-corrected chi connectivity index (χ1v) is 13.3. The Labute approximate surface area is 220 Å². The van der Waals surface area contributed by atoms with Gasteiger partial charge < -0.3 is 10.1 Å². The third-order valence-electron chi connectivity index (χ3n) is 6.31. The van der Waals surface area contributed by atoms with Gasteiger partial charge >= 0.3 is 5.97 Å². The van der Waals surface area contributed by atoms with Crippen LogP contribution in [0.15, 0.2) is 53.9 Å². The largest absolute Gasteiger partial charge is 0.462 e. The minimum absolute atomic E-state index is 0.0283. The second kappa shape index (κ2) is 11.1. The first-order valence-electron chi connectivity index (χ1n) is 12.4. The fraction of sp³-hybridized carbons (Fsp3) is 0.310. The second-order valence-electron chi connectivity index (χ2n) is 9.28. The number of hydrogen-bond donors (Lipinski definition) is 1. The average molecular weight is 519 g/mol. The van der Waals surface area contributed by atoms with Crippen molar-refractivity contribution < 1.29 is 23.9 Å². The van der Waals surface area contributed by atoms with E-state index in [9.17, 15) is 19.2 Å². The highest BCUT2D eigenvalue weighted by atomic mass is 32.1. The van der Waals surface area contributed by atoms with Crippen LogP contribution in [0.1, 0.15) is 70.8 Å². The maximum Gasteiger partial charge on any atom is 0.341 e. The van der Waals surface area contributed by atoms with Crippen molar-refractivity contribution in [3.05, 3.63) is 76.2 Å².